The van der Waals surface area contributed by atoms with Gasteiger partial charge in [0.25, 0.3) is 0 Å². The van der Waals surface area contributed by atoms with Crippen molar-refractivity contribution in [3.63, 3.8) is 0 Å². The average Bonchev–Trinajstić information content (AvgIpc) is 2.15. The van der Waals surface area contributed by atoms with Crippen LogP contribution in [0.15, 0.2) is 42.2 Å². The summed E-state index contributed by atoms with van der Waals surface area (Å²) in [6, 6.07) is 8.90. The number of benzene rings is 1. The molecule has 0 amide bonds. The van der Waals surface area contributed by atoms with Crippen molar-refractivity contribution in [1.29, 1.82) is 0 Å². The van der Waals surface area contributed by atoms with Crippen LogP contribution in [0.2, 0.25) is 0 Å². The first-order valence-corrected chi connectivity index (χ1v) is 3.80. The van der Waals surface area contributed by atoms with Gasteiger partial charge in [-0.15, -0.1) is 0 Å². The van der Waals surface area contributed by atoms with Gasteiger partial charge in [-0.1, -0.05) is 30.3 Å². The van der Waals surface area contributed by atoms with Crippen LogP contribution >= 0.6 is 0 Å². The Hall–Kier alpha value is -1.64. The Kier molecular flexibility index (Phi) is 3.20. The van der Waals surface area contributed by atoms with Crippen molar-refractivity contribution in [3.8, 4) is 0 Å². The van der Waals surface area contributed by atoms with Crippen LogP contribution < -0.4 is 0 Å². The lowest BCUT2D eigenvalue weighted by molar-refractivity contribution is -0.132. The van der Waals surface area contributed by atoms with Crippen LogP contribution in [0.4, 0.5) is 4.39 Å². The summed E-state index contributed by atoms with van der Waals surface area (Å²) in [7, 11) is 0. The lowest BCUT2D eigenvalue weighted by Gasteiger charge is -1.99. The van der Waals surface area contributed by atoms with Crippen molar-refractivity contribution in [3.05, 3.63) is 47.8 Å². The zero-order valence-electron chi connectivity index (χ0n) is 6.90. The van der Waals surface area contributed by atoms with Gasteiger partial charge in [0.1, 0.15) is 0 Å². The highest BCUT2D eigenvalue weighted by Crippen LogP contribution is 2.07. The first-order chi connectivity index (χ1) is 6.24. The minimum absolute atomic E-state index is 0.118. The zero-order valence-corrected chi connectivity index (χ0v) is 6.90. The number of rotatable bonds is 3. The van der Waals surface area contributed by atoms with E-state index in [2.05, 4.69) is 0 Å². The van der Waals surface area contributed by atoms with Crippen LogP contribution in [-0.4, -0.2) is 11.1 Å². The fourth-order valence-electron chi connectivity index (χ4n) is 0.977. The van der Waals surface area contributed by atoms with Crippen LogP contribution in [0.1, 0.15) is 5.56 Å². The third-order valence-electron chi connectivity index (χ3n) is 1.64. The SMILES string of the molecule is O=C(O)C(=CF)Cc1ccccc1. The largest absolute Gasteiger partial charge is 0.478 e. The van der Waals surface area contributed by atoms with E-state index in [-0.39, 0.29) is 18.3 Å². The molecule has 0 bridgehead atoms. The van der Waals surface area contributed by atoms with E-state index < -0.39 is 5.97 Å². The fraction of sp³-hybridized carbons (Fsp3) is 0.100. The topological polar surface area (TPSA) is 37.3 Å². The maximum Gasteiger partial charge on any atom is 0.334 e. The first-order valence-electron chi connectivity index (χ1n) is 3.80. The van der Waals surface area contributed by atoms with Gasteiger partial charge in [-0.3, -0.25) is 0 Å². The highest BCUT2D eigenvalue weighted by molar-refractivity contribution is 5.86. The molecular weight excluding hydrogens is 171 g/mol. The van der Waals surface area contributed by atoms with Gasteiger partial charge in [0.2, 0.25) is 0 Å². The molecule has 0 aliphatic carbocycles. The second-order valence-electron chi connectivity index (χ2n) is 2.60. The maximum atomic E-state index is 12.1. The summed E-state index contributed by atoms with van der Waals surface area (Å²) < 4.78 is 12.1. The van der Waals surface area contributed by atoms with Crippen molar-refractivity contribution in [2.75, 3.05) is 0 Å². The van der Waals surface area contributed by atoms with Crippen molar-refractivity contribution < 1.29 is 14.3 Å². The molecule has 68 valence electrons. The minimum Gasteiger partial charge on any atom is -0.478 e. The van der Waals surface area contributed by atoms with Crippen LogP contribution in [0, 0.1) is 0 Å². The highest BCUT2D eigenvalue weighted by atomic mass is 19.1. The predicted molar refractivity (Wildman–Crippen MR) is 47.0 cm³/mol. The molecule has 3 heteroatoms. The monoisotopic (exact) mass is 180 g/mol. The Morgan fingerprint density at radius 3 is 2.46 bits per heavy atom. The molecule has 0 radical (unpaired) electrons. The molecule has 13 heavy (non-hydrogen) atoms. The summed E-state index contributed by atoms with van der Waals surface area (Å²) in [4.78, 5) is 10.4. The number of hydrogen-bond donors (Lipinski definition) is 1. The number of aliphatic carboxylic acids is 1. The molecule has 1 aromatic carbocycles. The summed E-state index contributed by atoms with van der Waals surface area (Å²) in [6.45, 7) is 0. The molecule has 0 aliphatic heterocycles. The van der Waals surface area contributed by atoms with Crippen LogP contribution in [0.3, 0.4) is 0 Å². The number of hydrogen-bond acceptors (Lipinski definition) is 1. The molecule has 0 fully saturated rings. The van der Waals surface area contributed by atoms with Gasteiger partial charge in [0.15, 0.2) is 0 Å². The van der Waals surface area contributed by atoms with Gasteiger partial charge in [-0.2, -0.15) is 0 Å². The molecule has 0 heterocycles. The highest BCUT2D eigenvalue weighted by Gasteiger charge is 2.07. The van der Waals surface area contributed by atoms with E-state index in [1.807, 2.05) is 6.07 Å². The van der Waals surface area contributed by atoms with Gasteiger partial charge >= 0.3 is 5.97 Å². The van der Waals surface area contributed by atoms with E-state index in [1.54, 1.807) is 24.3 Å². The van der Waals surface area contributed by atoms with Crippen LogP contribution in [-0.2, 0) is 11.2 Å². The number of carbonyl (C=O) groups is 1. The third kappa shape index (κ3) is 2.71. The standard InChI is InChI=1S/C10H9FO2/c11-7-9(10(12)13)6-8-4-2-1-3-5-8/h1-5,7H,6H2,(H,12,13). The predicted octanol–water partition coefficient (Wildman–Crippen LogP) is 2.17. The third-order valence-corrected chi connectivity index (χ3v) is 1.64. The first kappa shape index (κ1) is 9.45. The number of halogens is 1. The van der Waals surface area contributed by atoms with Crippen LogP contribution in [0.25, 0.3) is 0 Å². The lowest BCUT2D eigenvalue weighted by atomic mass is 10.1. The van der Waals surface area contributed by atoms with Crippen molar-refractivity contribution in [2.24, 2.45) is 0 Å². The van der Waals surface area contributed by atoms with Crippen molar-refractivity contribution >= 4 is 5.97 Å². The summed E-state index contributed by atoms with van der Waals surface area (Å²) in [6.07, 6.45) is 0.252. The van der Waals surface area contributed by atoms with E-state index in [0.29, 0.717) is 0 Å². The maximum absolute atomic E-state index is 12.1. The molecule has 0 saturated carbocycles. The Balaban J connectivity index is 2.74. The molecule has 2 nitrogen and oxygen atoms in total. The zero-order chi connectivity index (χ0) is 9.68. The molecule has 0 unspecified atom stereocenters. The quantitative estimate of drug-likeness (QED) is 0.724. The van der Waals surface area contributed by atoms with Crippen molar-refractivity contribution in [1.82, 2.24) is 0 Å². The fourth-order valence-corrected chi connectivity index (χ4v) is 0.977. The Morgan fingerprint density at radius 2 is 2.00 bits per heavy atom. The van der Waals surface area contributed by atoms with E-state index in [4.69, 9.17) is 5.11 Å². The molecule has 1 rings (SSSR count). The molecule has 0 saturated heterocycles. The molecule has 0 atom stereocenters. The van der Waals surface area contributed by atoms with Crippen LogP contribution in [0.5, 0.6) is 0 Å². The molecule has 0 aliphatic rings. The number of carboxylic acid groups (broad SMARTS) is 1. The van der Waals surface area contributed by atoms with Crippen molar-refractivity contribution in [2.45, 2.75) is 6.42 Å². The summed E-state index contributed by atoms with van der Waals surface area (Å²) in [5, 5.41) is 8.53. The summed E-state index contributed by atoms with van der Waals surface area (Å²) in [5.41, 5.74) is 0.556. The normalized spacial score (nSPS) is 11.3. The number of carboxylic acids is 1. The lowest BCUT2D eigenvalue weighted by Crippen LogP contribution is -2.02. The molecule has 0 aromatic heterocycles. The Labute approximate surface area is 75.3 Å². The molecule has 1 aromatic rings. The van der Waals surface area contributed by atoms with Gasteiger partial charge < -0.3 is 5.11 Å². The van der Waals surface area contributed by atoms with Gasteiger partial charge in [0.05, 0.1) is 11.9 Å². The average molecular weight is 180 g/mol. The smallest absolute Gasteiger partial charge is 0.334 e. The summed E-state index contributed by atoms with van der Waals surface area (Å²) >= 11 is 0. The van der Waals surface area contributed by atoms with E-state index in [9.17, 15) is 9.18 Å². The minimum atomic E-state index is -1.22. The second-order valence-corrected chi connectivity index (χ2v) is 2.60. The second kappa shape index (κ2) is 4.40. The molecule has 1 N–H and O–H groups in total. The van der Waals surface area contributed by atoms with Gasteiger partial charge in [0, 0.05) is 6.42 Å². The van der Waals surface area contributed by atoms with E-state index >= 15 is 0 Å². The van der Waals surface area contributed by atoms with E-state index in [0.717, 1.165) is 5.56 Å². The van der Waals surface area contributed by atoms with E-state index in [1.165, 1.54) is 0 Å². The molecule has 0 spiro atoms. The van der Waals surface area contributed by atoms with Gasteiger partial charge in [-0.05, 0) is 5.56 Å². The molecular formula is C10H9FO2. The Morgan fingerprint density at radius 1 is 1.38 bits per heavy atom. The van der Waals surface area contributed by atoms with Gasteiger partial charge in [-0.25, -0.2) is 9.18 Å². The Bertz CT molecular complexity index is 317. The summed E-state index contributed by atoms with van der Waals surface area (Å²) in [5.74, 6) is -1.22.